The van der Waals surface area contributed by atoms with Gasteiger partial charge in [-0.15, -0.1) is 0 Å². The van der Waals surface area contributed by atoms with Gasteiger partial charge in [-0.25, -0.2) is 4.79 Å². The van der Waals surface area contributed by atoms with E-state index in [0.29, 0.717) is 23.4 Å². The van der Waals surface area contributed by atoms with Gasteiger partial charge in [0.15, 0.2) is 0 Å². The Labute approximate surface area is 313 Å². The van der Waals surface area contributed by atoms with Crippen molar-refractivity contribution in [3.05, 3.63) is 59.7 Å². The molecule has 0 spiro atoms. The summed E-state index contributed by atoms with van der Waals surface area (Å²) in [5.41, 5.74) is 6.43. The lowest BCUT2D eigenvalue weighted by Crippen LogP contribution is -2.60. The van der Waals surface area contributed by atoms with E-state index in [0.717, 1.165) is 5.56 Å². The summed E-state index contributed by atoms with van der Waals surface area (Å²) in [6.07, 6.45) is -1.15. The molecule has 10 N–H and O–H groups in total. The van der Waals surface area contributed by atoms with E-state index in [1.165, 1.54) is 13.8 Å². The van der Waals surface area contributed by atoms with Gasteiger partial charge in [0.05, 0.1) is 6.42 Å². The van der Waals surface area contributed by atoms with Crippen LogP contribution >= 0.6 is 0 Å². The number of hydrogen-bond acceptors (Lipinski definition) is 8. The predicted molar refractivity (Wildman–Crippen MR) is 199 cm³/mol. The van der Waals surface area contributed by atoms with Gasteiger partial charge in [-0.3, -0.25) is 33.6 Å². The van der Waals surface area contributed by atoms with Crippen LogP contribution in [0.1, 0.15) is 77.3 Å². The van der Waals surface area contributed by atoms with Crippen molar-refractivity contribution in [2.75, 3.05) is 10.6 Å². The van der Waals surface area contributed by atoms with Crippen LogP contribution in [-0.2, 0) is 40.0 Å². The minimum Gasteiger partial charge on any atom is -0.481 e. The zero-order valence-corrected chi connectivity index (χ0v) is 31.1. The maximum Gasteiger partial charge on any atom is 0.323 e. The lowest BCUT2D eigenvalue weighted by molar-refractivity contribution is -0.139. The third-order valence-electron chi connectivity index (χ3n) is 8.63. The third kappa shape index (κ3) is 14.9. The average Bonchev–Trinajstić information content (AvgIpc) is 3.09. The van der Waals surface area contributed by atoms with Gasteiger partial charge >= 0.3 is 18.0 Å². The van der Waals surface area contributed by atoms with Crippen molar-refractivity contribution in [3.63, 3.8) is 0 Å². The molecule has 1 unspecified atom stereocenters. The van der Waals surface area contributed by atoms with Gasteiger partial charge in [0, 0.05) is 24.2 Å². The molecule has 0 saturated carbocycles. The molecular weight excluding hydrogens is 702 g/mol. The van der Waals surface area contributed by atoms with Crippen LogP contribution < -0.4 is 37.6 Å². The number of carboxylic acids is 2. The number of nitrogens with two attached hydrogens (primary N) is 1. The second kappa shape index (κ2) is 20.9. The standard InChI is InChI=1S/C37H51N7O10/c1-6-21(2)31(43-28(45)20-23-14-16-24(17-15-23)39-36(54)42-25-11-8-7-10-22(25)3)34(52)41-27(18-19-30(48)49)32(50)40-26(12-9-13-29(46)47)33(51)44-37(4,5)35(38)53/h7-8,10-11,14-17,21,26-27,31H,6,9,12-13,18-20H2,1-5H3,(H2,38,53)(H,40,50)(H,41,52)(H,43,45)(H,44,51)(H,46,47)(H,48,49)(H2,39,42,54)/t21?,26-,27-,31-/m0/s1. The highest BCUT2D eigenvalue weighted by Gasteiger charge is 2.34. The molecule has 7 amide bonds. The second-order valence-electron chi connectivity index (χ2n) is 13.5. The van der Waals surface area contributed by atoms with Crippen LogP contribution in [-0.4, -0.2) is 81.4 Å². The van der Waals surface area contributed by atoms with Crippen molar-refractivity contribution in [1.82, 2.24) is 21.3 Å². The van der Waals surface area contributed by atoms with Crippen LogP contribution in [0.25, 0.3) is 0 Å². The van der Waals surface area contributed by atoms with Gasteiger partial charge < -0.3 is 47.8 Å². The molecule has 0 aliphatic carbocycles. The molecule has 0 bridgehead atoms. The van der Waals surface area contributed by atoms with Gasteiger partial charge in [0.2, 0.25) is 29.5 Å². The Bertz CT molecular complexity index is 1680. The summed E-state index contributed by atoms with van der Waals surface area (Å²) in [6.45, 7) is 8.04. The molecule has 0 aliphatic rings. The molecular formula is C37H51N7O10. The zero-order valence-electron chi connectivity index (χ0n) is 31.1. The van der Waals surface area contributed by atoms with E-state index in [4.69, 9.17) is 10.8 Å². The van der Waals surface area contributed by atoms with Crippen LogP contribution in [0.5, 0.6) is 0 Å². The van der Waals surface area contributed by atoms with E-state index in [2.05, 4.69) is 31.9 Å². The molecule has 294 valence electrons. The van der Waals surface area contributed by atoms with Gasteiger partial charge in [-0.1, -0.05) is 50.6 Å². The molecule has 2 aromatic carbocycles. The van der Waals surface area contributed by atoms with Crippen LogP contribution in [0.15, 0.2) is 48.5 Å². The number of nitrogens with one attached hydrogen (secondary N) is 6. The van der Waals surface area contributed by atoms with Gasteiger partial charge in [0.25, 0.3) is 0 Å². The highest BCUT2D eigenvalue weighted by Crippen LogP contribution is 2.16. The van der Waals surface area contributed by atoms with Crippen molar-refractivity contribution in [2.45, 2.75) is 103 Å². The fraction of sp³-hybridized carbons (Fsp3) is 0.459. The van der Waals surface area contributed by atoms with Crippen molar-refractivity contribution in [2.24, 2.45) is 11.7 Å². The monoisotopic (exact) mass is 753 g/mol. The Kier molecular flexibility index (Phi) is 17.1. The molecule has 2 rings (SSSR count). The van der Waals surface area contributed by atoms with Gasteiger partial charge in [-0.2, -0.15) is 0 Å². The highest BCUT2D eigenvalue weighted by molar-refractivity contribution is 6.00. The summed E-state index contributed by atoms with van der Waals surface area (Å²) in [7, 11) is 0. The van der Waals surface area contributed by atoms with Crippen LogP contribution in [0.4, 0.5) is 16.2 Å². The SMILES string of the molecule is CCC(C)[C@H](NC(=O)Cc1ccc(NC(=O)Nc2ccccc2C)cc1)C(=O)N[C@@H](CCC(=O)O)C(=O)N[C@@H](CCCC(=O)O)C(=O)NC(C)(C)C(N)=O. The maximum absolute atomic E-state index is 13.6. The number of anilines is 2. The largest absolute Gasteiger partial charge is 0.481 e. The number of rotatable bonds is 21. The Morgan fingerprint density at radius 2 is 1.35 bits per heavy atom. The van der Waals surface area contributed by atoms with Gasteiger partial charge in [-0.05, 0) is 75.3 Å². The molecule has 17 nitrogen and oxygen atoms in total. The average molecular weight is 754 g/mol. The number of hydrogen-bond donors (Lipinski definition) is 9. The zero-order chi connectivity index (χ0) is 40.6. The van der Waals surface area contributed by atoms with Crippen LogP contribution in [0.2, 0.25) is 0 Å². The number of primary amides is 1. The maximum atomic E-state index is 13.6. The van der Waals surface area contributed by atoms with E-state index in [1.54, 1.807) is 50.2 Å². The molecule has 0 heterocycles. The van der Waals surface area contributed by atoms with Crippen molar-refractivity contribution in [3.8, 4) is 0 Å². The van der Waals surface area contributed by atoms with Crippen molar-refractivity contribution >= 4 is 58.9 Å². The quantitative estimate of drug-likeness (QED) is 0.0896. The summed E-state index contributed by atoms with van der Waals surface area (Å²) in [5.74, 6) is -6.79. The lowest BCUT2D eigenvalue weighted by Gasteiger charge is -2.29. The fourth-order valence-electron chi connectivity index (χ4n) is 5.07. The third-order valence-corrected chi connectivity index (χ3v) is 8.63. The fourth-order valence-corrected chi connectivity index (χ4v) is 5.07. The van der Waals surface area contributed by atoms with E-state index in [1.807, 2.05) is 19.1 Å². The normalized spacial score (nSPS) is 13.2. The van der Waals surface area contributed by atoms with Crippen molar-refractivity contribution in [1.29, 1.82) is 0 Å². The van der Waals surface area contributed by atoms with E-state index in [9.17, 15) is 43.5 Å². The number of amides is 7. The highest BCUT2D eigenvalue weighted by atomic mass is 16.4. The molecule has 0 aromatic heterocycles. The van der Waals surface area contributed by atoms with Gasteiger partial charge in [0.1, 0.15) is 23.7 Å². The molecule has 0 saturated heterocycles. The first-order valence-electron chi connectivity index (χ1n) is 17.5. The van der Waals surface area contributed by atoms with E-state index < -0.39 is 83.5 Å². The molecule has 0 aliphatic heterocycles. The van der Waals surface area contributed by atoms with E-state index in [-0.39, 0.29) is 32.1 Å². The van der Waals surface area contributed by atoms with Crippen LogP contribution in [0.3, 0.4) is 0 Å². The first-order chi connectivity index (χ1) is 25.3. The Morgan fingerprint density at radius 3 is 1.93 bits per heavy atom. The Hall–Kier alpha value is -6.00. The summed E-state index contributed by atoms with van der Waals surface area (Å²) < 4.78 is 0. The Balaban J connectivity index is 2.16. The molecule has 4 atom stereocenters. The molecule has 0 fully saturated rings. The Morgan fingerprint density at radius 1 is 0.759 bits per heavy atom. The minimum absolute atomic E-state index is 0.0402. The number of benzene rings is 2. The number of para-hydroxylation sites is 1. The van der Waals surface area contributed by atoms with Crippen molar-refractivity contribution < 1.29 is 48.6 Å². The summed E-state index contributed by atoms with van der Waals surface area (Å²) in [4.78, 5) is 100. The number of urea groups is 1. The number of carbonyl (C=O) groups is 8. The smallest absolute Gasteiger partial charge is 0.323 e. The first-order valence-corrected chi connectivity index (χ1v) is 17.5. The summed E-state index contributed by atoms with van der Waals surface area (Å²) in [5, 5.41) is 34.0. The lowest BCUT2D eigenvalue weighted by atomic mass is 9.97. The number of carboxylic acid groups (broad SMARTS) is 2. The molecule has 54 heavy (non-hydrogen) atoms. The molecule has 2 aromatic rings. The second-order valence-corrected chi connectivity index (χ2v) is 13.5. The number of aryl methyl sites for hydroxylation is 1. The number of aliphatic carboxylic acids is 2. The minimum atomic E-state index is -1.53. The topological polar surface area (TPSA) is 275 Å². The first kappa shape index (κ1) is 44.2. The number of carbonyl (C=O) groups excluding carboxylic acids is 6. The van der Waals surface area contributed by atoms with E-state index >= 15 is 0 Å². The van der Waals surface area contributed by atoms with Crippen LogP contribution in [0, 0.1) is 12.8 Å². The molecule has 17 heteroatoms. The molecule has 0 radical (unpaired) electrons. The summed E-state index contributed by atoms with van der Waals surface area (Å²) in [6, 6.07) is 9.39. The predicted octanol–water partition coefficient (Wildman–Crippen LogP) is 2.18. The summed E-state index contributed by atoms with van der Waals surface area (Å²) >= 11 is 0.